The van der Waals surface area contributed by atoms with Gasteiger partial charge in [-0.2, -0.15) is 0 Å². The van der Waals surface area contributed by atoms with Crippen LogP contribution in [0, 0.1) is 11.3 Å². The molecule has 2 aromatic rings. The molecule has 1 heterocycles. The highest BCUT2D eigenvalue weighted by Crippen LogP contribution is 2.41. The van der Waals surface area contributed by atoms with E-state index in [1.165, 1.54) is 0 Å². The van der Waals surface area contributed by atoms with Gasteiger partial charge in [-0.1, -0.05) is 45.4 Å². The van der Waals surface area contributed by atoms with Crippen molar-refractivity contribution in [1.29, 1.82) is 0 Å². The minimum absolute atomic E-state index is 0.192. The third kappa shape index (κ3) is 3.43. The van der Waals surface area contributed by atoms with E-state index in [-0.39, 0.29) is 5.41 Å². The predicted octanol–water partition coefficient (Wildman–Crippen LogP) is 3.42. The molecule has 138 valence electrons. The zero-order valence-electron chi connectivity index (χ0n) is 15.7. The zero-order valence-corrected chi connectivity index (χ0v) is 15.7. The van der Waals surface area contributed by atoms with Gasteiger partial charge >= 0.3 is 5.97 Å². The Labute approximate surface area is 153 Å². The fourth-order valence-electron chi connectivity index (χ4n) is 3.79. The maximum Gasteiger partial charge on any atom is 0.339 e. The molecule has 0 spiro atoms. The van der Waals surface area contributed by atoms with E-state index in [2.05, 4.69) is 20.8 Å². The van der Waals surface area contributed by atoms with E-state index in [1.54, 1.807) is 0 Å². The second-order valence-electron chi connectivity index (χ2n) is 7.75. The summed E-state index contributed by atoms with van der Waals surface area (Å²) in [6.07, 6.45) is 3.80. The van der Waals surface area contributed by atoms with Gasteiger partial charge in [0.25, 0.3) is 5.91 Å². The van der Waals surface area contributed by atoms with Gasteiger partial charge in [0.05, 0.1) is 11.1 Å². The fraction of sp³-hybridized carbons (Fsp3) is 0.476. The van der Waals surface area contributed by atoms with Crippen LogP contribution in [0.1, 0.15) is 55.2 Å². The average Bonchev–Trinajstić information content (AvgIpc) is 2.63. The van der Waals surface area contributed by atoms with Crippen LogP contribution >= 0.6 is 0 Å². The van der Waals surface area contributed by atoms with E-state index >= 15 is 0 Å². The van der Waals surface area contributed by atoms with Crippen LogP contribution in [-0.4, -0.2) is 23.5 Å². The summed E-state index contributed by atoms with van der Waals surface area (Å²) in [5.41, 5.74) is 8.60. The molecule has 5 nitrogen and oxygen atoms in total. The molecule has 1 aromatic carbocycles. The van der Waals surface area contributed by atoms with Crippen molar-refractivity contribution in [3.05, 3.63) is 41.1 Å². The van der Waals surface area contributed by atoms with E-state index < -0.39 is 18.5 Å². The lowest BCUT2D eigenvalue weighted by Gasteiger charge is -2.37. The van der Waals surface area contributed by atoms with Crippen LogP contribution in [0.3, 0.4) is 0 Å². The quantitative estimate of drug-likeness (QED) is 0.834. The summed E-state index contributed by atoms with van der Waals surface area (Å²) in [6, 6.07) is 7.59. The summed E-state index contributed by atoms with van der Waals surface area (Å²) in [5, 5.41) is 0.774. The molecule has 0 fully saturated rings. The standard InChI is InChI=1S/C21H26N2O3/c1-4-21(2,3)13-9-10-17-15(11-13)19(20(25)26-12-18(22)24)14-7-5-6-8-16(14)23-17/h5-8,13H,4,9-12H2,1-3H3,(H2,22,24)/t13-/m0/s1. The van der Waals surface area contributed by atoms with Gasteiger partial charge in [-0.15, -0.1) is 0 Å². The van der Waals surface area contributed by atoms with Gasteiger partial charge in [0.2, 0.25) is 0 Å². The number of carbonyl (C=O) groups excluding carboxylic acids is 2. The highest BCUT2D eigenvalue weighted by Gasteiger charge is 2.34. The van der Waals surface area contributed by atoms with Crippen molar-refractivity contribution in [1.82, 2.24) is 4.98 Å². The molecule has 3 rings (SSSR count). The Bertz CT molecular complexity index is 858. The number of benzene rings is 1. The number of rotatable bonds is 5. The van der Waals surface area contributed by atoms with Crippen molar-refractivity contribution in [2.45, 2.75) is 46.5 Å². The Morgan fingerprint density at radius 1 is 1.31 bits per heavy atom. The van der Waals surface area contributed by atoms with Gasteiger partial charge in [-0.3, -0.25) is 9.78 Å². The van der Waals surface area contributed by atoms with Crippen LogP contribution in [0.15, 0.2) is 24.3 Å². The molecule has 1 amide bonds. The molecular weight excluding hydrogens is 328 g/mol. The average molecular weight is 354 g/mol. The smallest absolute Gasteiger partial charge is 0.339 e. The maximum absolute atomic E-state index is 12.8. The van der Waals surface area contributed by atoms with E-state index in [9.17, 15) is 9.59 Å². The molecular formula is C21H26N2O3. The second kappa shape index (κ2) is 7.06. The highest BCUT2D eigenvalue weighted by atomic mass is 16.5. The number of esters is 1. The third-order valence-corrected chi connectivity index (χ3v) is 5.83. The monoisotopic (exact) mass is 354 g/mol. The normalized spacial score (nSPS) is 17.0. The van der Waals surface area contributed by atoms with Crippen LogP contribution in [0.5, 0.6) is 0 Å². The summed E-state index contributed by atoms with van der Waals surface area (Å²) in [7, 11) is 0. The Balaban J connectivity index is 2.10. The molecule has 0 unspecified atom stereocenters. The van der Waals surface area contributed by atoms with Gasteiger partial charge < -0.3 is 10.5 Å². The van der Waals surface area contributed by atoms with E-state index in [0.29, 0.717) is 11.5 Å². The molecule has 2 N–H and O–H groups in total. The van der Waals surface area contributed by atoms with Crippen molar-refractivity contribution in [3.63, 3.8) is 0 Å². The lowest BCUT2D eigenvalue weighted by atomic mass is 9.68. The SMILES string of the molecule is CCC(C)(C)[C@H]1CCc2nc3ccccc3c(C(=O)OCC(N)=O)c2C1. The van der Waals surface area contributed by atoms with Crippen LogP contribution in [-0.2, 0) is 22.4 Å². The molecule has 1 aliphatic carbocycles. The van der Waals surface area contributed by atoms with E-state index in [0.717, 1.165) is 47.8 Å². The number of primary amides is 1. The molecule has 0 saturated carbocycles. The lowest BCUT2D eigenvalue weighted by Crippen LogP contribution is -2.31. The molecule has 1 atom stereocenters. The number of amides is 1. The van der Waals surface area contributed by atoms with E-state index in [1.807, 2.05) is 24.3 Å². The third-order valence-electron chi connectivity index (χ3n) is 5.83. The number of aryl methyl sites for hydroxylation is 1. The number of nitrogens with zero attached hydrogens (tertiary/aromatic N) is 1. The van der Waals surface area contributed by atoms with Crippen LogP contribution < -0.4 is 5.73 Å². The Hall–Kier alpha value is -2.43. The van der Waals surface area contributed by atoms with Gasteiger partial charge in [0.1, 0.15) is 0 Å². The largest absolute Gasteiger partial charge is 0.452 e. The molecule has 0 radical (unpaired) electrons. The molecule has 0 saturated heterocycles. The Morgan fingerprint density at radius 2 is 2.04 bits per heavy atom. The lowest BCUT2D eigenvalue weighted by molar-refractivity contribution is -0.121. The Morgan fingerprint density at radius 3 is 2.73 bits per heavy atom. The number of hydrogen-bond donors (Lipinski definition) is 1. The molecule has 26 heavy (non-hydrogen) atoms. The van der Waals surface area contributed by atoms with Crippen LogP contribution in [0.25, 0.3) is 10.9 Å². The number of aromatic nitrogens is 1. The van der Waals surface area contributed by atoms with Crippen molar-refractivity contribution >= 4 is 22.8 Å². The number of nitrogens with two attached hydrogens (primary N) is 1. The summed E-state index contributed by atoms with van der Waals surface area (Å²) < 4.78 is 5.17. The predicted molar refractivity (Wildman–Crippen MR) is 101 cm³/mol. The first kappa shape index (κ1) is 18.4. The number of hydrogen-bond acceptors (Lipinski definition) is 4. The first-order valence-corrected chi connectivity index (χ1v) is 9.19. The minimum atomic E-state index is -0.657. The summed E-state index contributed by atoms with van der Waals surface area (Å²) in [6.45, 7) is 6.36. The zero-order chi connectivity index (χ0) is 18.9. The summed E-state index contributed by atoms with van der Waals surface area (Å²) in [4.78, 5) is 28.6. The van der Waals surface area contributed by atoms with Gasteiger partial charge in [0.15, 0.2) is 6.61 Å². The number of fused-ring (bicyclic) bond motifs is 2. The Kier molecular flexibility index (Phi) is 4.99. The van der Waals surface area contributed by atoms with Crippen molar-refractivity contribution in [2.75, 3.05) is 6.61 Å². The number of ether oxygens (including phenoxy) is 1. The van der Waals surface area contributed by atoms with Gasteiger partial charge in [0, 0.05) is 11.1 Å². The molecule has 0 bridgehead atoms. The minimum Gasteiger partial charge on any atom is -0.452 e. The molecule has 5 heteroatoms. The first-order valence-electron chi connectivity index (χ1n) is 9.19. The number of carbonyl (C=O) groups is 2. The van der Waals surface area contributed by atoms with Crippen molar-refractivity contribution in [3.8, 4) is 0 Å². The first-order chi connectivity index (χ1) is 12.3. The van der Waals surface area contributed by atoms with Crippen LogP contribution in [0.4, 0.5) is 0 Å². The molecule has 0 aliphatic heterocycles. The van der Waals surface area contributed by atoms with Gasteiger partial charge in [-0.05, 0) is 42.2 Å². The van der Waals surface area contributed by atoms with Crippen molar-refractivity contribution in [2.24, 2.45) is 17.1 Å². The van der Waals surface area contributed by atoms with E-state index in [4.69, 9.17) is 15.5 Å². The van der Waals surface area contributed by atoms with Crippen LogP contribution in [0.2, 0.25) is 0 Å². The summed E-state index contributed by atoms with van der Waals surface area (Å²) >= 11 is 0. The number of para-hydroxylation sites is 1. The highest BCUT2D eigenvalue weighted by molar-refractivity contribution is 6.05. The summed E-state index contributed by atoms with van der Waals surface area (Å²) in [5.74, 6) is -0.671. The second-order valence-corrected chi connectivity index (χ2v) is 7.75. The van der Waals surface area contributed by atoms with Gasteiger partial charge in [-0.25, -0.2) is 4.79 Å². The fourth-order valence-corrected chi connectivity index (χ4v) is 3.79. The topological polar surface area (TPSA) is 82.3 Å². The molecule has 1 aliphatic rings. The maximum atomic E-state index is 12.8. The molecule has 1 aromatic heterocycles. The van der Waals surface area contributed by atoms with Crippen molar-refractivity contribution < 1.29 is 14.3 Å². The number of pyridine rings is 1.